The van der Waals surface area contributed by atoms with Crippen LogP contribution in [-0.4, -0.2) is 25.6 Å². The molecule has 0 aliphatic carbocycles. The first-order valence-corrected chi connectivity index (χ1v) is 10.9. The van der Waals surface area contributed by atoms with Gasteiger partial charge in [0, 0.05) is 29.3 Å². The quantitative estimate of drug-likeness (QED) is 0.653. The highest BCUT2D eigenvalue weighted by molar-refractivity contribution is 7.90. The van der Waals surface area contributed by atoms with Gasteiger partial charge in [-0.1, -0.05) is 29.8 Å². The maximum Gasteiger partial charge on any atom is 0.255 e. The number of sulfone groups is 1. The summed E-state index contributed by atoms with van der Waals surface area (Å²) in [6.07, 6.45) is 2.87. The molecule has 1 amide bonds. The third-order valence-corrected chi connectivity index (χ3v) is 6.34. The summed E-state index contributed by atoms with van der Waals surface area (Å²) in [5.41, 5.74) is 3.09. The number of hydrogen-bond donors (Lipinski definition) is 1. The van der Waals surface area contributed by atoms with Crippen molar-refractivity contribution in [3.05, 3.63) is 83.0 Å². The molecule has 0 radical (unpaired) electrons. The standard InChI is InChI=1S/C21H19ClN2O3S/c1-14(28(2,26)27)15-6-8-16(9-7-15)21(25)24-17-10-11-19(22)18(13-17)20-5-3-4-12-23-20/h3-14H,1-2H3,(H,24,25). The van der Waals surface area contributed by atoms with Gasteiger partial charge in [-0.25, -0.2) is 8.42 Å². The van der Waals surface area contributed by atoms with Gasteiger partial charge < -0.3 is 5.32 Å². The fourth-order valence-electron chi connectivity index (χ4n) is 2.68. The average Bonchev–Trinajstić information content (AvgIpc) is 2.69. The molecule has 3 aromatic rings. The zero-order valence-corrected chi connectivity index (χ0v) is 17.0. The van der Waals surface area contributed by atoms with E-state index in [0.717, 1.165) is 5.56 Å². The molecule has 0 saturated carbocycles. The van der Waals surface area contributed by atoms with E-state index in [4.69, 9.17) is 11.6 Å². The molecule has 3 rings (SSSR count). The van der Waals surface area contributed by atoms with E-state index in [1.54, 1.807) is 55.6 Å². The highest BCUT2D eigenvalue weighted by atomic mass is 35.5. The van der Waals surface area contributed by atoms with Crippen molar-refractivity contribution in [3.8, 4) is 11.3 Å². The molecule has 7 heteroatoms. The highest BCUT2D eigenvalue weighted by Crippen LogP contribution is 2.29. The number of nitrogens with zero attached hydrogens (tertiary/aromatic N) is 1. The molecule has 1 aromatic heterocycles. The van der Waals surface area contributed by atoms with Gasteiger partial charge in [-0.3, -0.25) is 9.78 Å². The molecule has 2 aromatic carbocycles. The van der Waals surface area contributed by atoms with Crippen molar-refractivity contribution in [2.24, 2.45) is 0 Å². The minimum absolute atomic E-state index is 0.298. The third kappa shape index (κ3) is 4.58. The van der Waals surface area contributed by atoms with Crippen LogP contribution in [0.15, 0.2) is 66.9 Å². The van der Waals surface area contributed by atoms with E-state index >= 15 is 0 Å². The predicted molar refractivity (Wildman–Crippen MR) is 112 cm³/mol. The molecule has 5 nitrogen and oxygen atoms in total. The molecule has 0 aliphatic heterocycles. The van der Waals surface area contributed by atoms with E-state index in [2.05, 4.69) is 10.3 Å². The van der Waals surface area contributed by atoms with Crippen molar-refractivity contribution in [1.82, 2.24) is 4.98 Å². The molecule has 28 heavy (non-hydrogen) atoms. The maximum atomic E-state index is 12.5. The van der Waals surface area contributed by atoms with Gasteiger partial charge in [0.05, 0.1) is 16.0 Å². The molecule has 1 heterocycles. The minimum atomic E-state index is -3.19. The molecule has 0 fully saturated rings. The number of carbonyl (C=O) groups is 1. The van der Waals surface area contributed by atoms with Gasteiger partial charge in [0.1, 0.15) is 0 Å². The fraction of sp³-hybridized carbons (Fsp3) is 0.143. The van der Waals surface area contributed by atoms with Crippen LogP contribution in [0.3, 0.4) is 0 Å². The van der Waals surface area contributed by atoms with Crippen molar-refractivity contribution in [2.45, 2.75) is 12.2 Å². The summed E-state index contributed by atoms with van der Waals surface area (Å²) in [6.45, 7) is 1.62. The number of nitrogens with one attached hydrogen (secondary N) is 1. The lowest BCUT2D eigenvalue weighted by Gasteiger charge is -2.11. The lowest BCUT2D eigenvalue weighted by atomic mass is 10.1. The maximum absolute atomic E-state index is 12.5. The van der Waals surface area contributed by atoms with Crippen molar-refractivity contribution in [2.75, 3.05) is 11.6 Å². The van der Waals surface area contributed by atoms with Gasteiger partial charge in [0.15, 0.2) is 9.84 Å². The largest absolute Gasteiger partial charge is 0.322 e. The Morgan fingerprint density at radius 2 is 1.79 bits per heavy atom. The molecule has 0 spiro atoms. The van der Waals surface area contributed by atoms with Crippen LogP contribution in [0.5, 0.6) is 0 Å². The van der Waals surface area contributed by atoms with E-state index in [0.29, 0.717) is 27.5 Å². The lowest BCUT2D eigenvalue weighted by molar-refractivity contribution is 0.102. The first-order valence-electron chi connectivity index (χ1n) is 8.57. The average molecular weight is 415 g/mol. The van der Waals surface area contributed by atoms with Gasteiger partial charge in [0.2, 0.25) is 0 Å². The van der Waals surface area contributed by atoms with Gasteiger partial charge >= 0.3 is 0 Å². The van der Waals surface area contributed by atoms with Gasteiger partial charge in [0.25, 0.3) is 5.91 Å². The van der Waals surface area contributed by atoms with Crippen LogP contribution in [0.2, 0.25) is 5.02 Å². The Kier molecular flexibility index (Phi) is 5.82. The van der Waals surface area contributed by atoms with E-state index in [-0.39, 0.29) is 5.91 Å². The van der Waals surface area contributed by atoms with Crippen LogP contribution >= 0.6 is 11.6 Å². The molecule has 0 bridgehead atoms. The zero-order chi connectivity index (χ0) is 20.3. The van der Waals surface area contributed by atoms with Crippen molar-refractivity contribution in [1.29, 1.82) is 0 Å². The monoisotopic (exact) mass is 414 g/mol. The molecule has 0 aliphatic rings. The van der Waals surface area contributed by atoms with Crippen LogP contribution in [0.1, 0.15) is 28.1 Å². The number of anilines is 1. The summed E-state index contributed by atoms with van der Waals surface area (Å²) >= 11 is 6.27. The number of aromatic nitrogens is 1. The number of carbonyl (C=O) groups excluding carboxylic acids is 1. The van der Waals surface area contributed by atoms with Crippen LogP contribution in [0, 0.1) is 0 Å². The Hall–Kier alpha value is -2.70. The van der Waals surface area contributed by atoms with Crippen molar-refractivity contribution in [3.63, 3.8) is 0 Å². The van der Waals surface area contributed by atoms with Gasteiger partial charge in [-0.05, 0) is 55.0 Å². The lowest BCUT2D eigenvalue weighted by Crippen LogP contribution is -2.13. The Morgan fingerprint density at radius 3 is 2.39 bits per heavy atom. The number of amides is 1. The van der Waals surface area contributed by atoms with E-state index < -0.39 is 15.1 Å². The van der Waals surface area contributed by atoms with Gasteiger partial charge in [-0.2, -0.15) is 0 Å². The van der Waals surface area contributed by atoms with Crippen molar-refractivity contribution >= 4 is 33.0 Å². The first kappa shape index (κ1) is 20.0. The summed E-state index contributed by atoms with van der Waals surface area (Å²) in [5, 5.41) is 2.75. The van der Waals surface area contributed by atoms with Gasteiger partial charge in [-0.15, -0.1) is 0 Å². The molecule has 1 unspecified atom stereocenters. The Balaban J connectivity index is 1.80. The van der Waals surface area contributed by atoms with E-state index in [9.17, 15) is 13.2 Å². The SMILES string of the molecule is CC(c1ccc(C(=O)Nc2ccc(Cl)c(-c3ccccn3)c2)cc1)S(C)(=O)=O. The summed E-state index contributed by atoms with van der Waals surface area (Å²) < 4.78 is 23.3. The highest BCUT2D eigenvalue weighted by Gasteiger charge is 2.17. The zero-order valence-electron chi connectivity index (χ0n) is 15.4. The van der Waals surface area contributed by atoms with E-state index in [1.165, 1.54) is 6.26 Å². The van der Waals surface area contributed by atoms with Crippen LogP contribution in [0.4, 0.5) is 5.69 Å². The van der Waals surface area contributed by atoms with Crippen molar-refractivity contribution < 1.29 is 13.2 Å². The number of halogens is 1. The van der Waals surface area contributed by atoms with E-state index in [1.807, 2.05) is 18.2 Å². The number of rotatable bonds is 5. The Labute approximate surface area is 169 Å². The molecular weight excluding hydrogens is 396 g/mol. The molecular formula is C21H19ClN2O3S. The molecule has 0 saturated heterocycles. The summed E-state index contributed by atoms with van der Waals surface area (Å²) in [6, 6.07) is 17.2. The Bertz CT molecular complexity index is 1100. The number of pyridine rings is 1. The molecule has 1 atom stereocenters. The summed E-state index contributed by atoms with van der Waals surface area (Å²) in [4.78, 5) is 16.8. The number of hydrogen-bond acceptors (Lipinski definition) is 4. The summed E-state index contributed by atoms with van der Waals surface area (Å²) in [7, 11) is -3.19. The topological polar surface area (TPSA) is 76.1 Å². The minimum Gasteiger partial charge on any atom is -0.322 e. The van der Waals surface area contributed by atoms with Crippen LogP contribution in [0.25, 0.3) is 11.3 Å². The van der Waals surface area contributed by atoms with Crippen LogP contribution < -0.4 is 5.32 Å². The fourth-order valence-corrected chi connectivity index (χ4v) is 3.54. The second kappa shape index (κ2) is 8.12. The molecule has 144 valence electrons. The normalized spacial score (nSPS) is 12.4. The smallest absolute Gasteiger partial charge is 0.255 e. The second-order valence-electron chi connectivity index (χ2n) is 6.46. The molecule has 1 N–H and O–H groups in total. The predicted octanol–water partition coefficient (Wildman–Crippen LogP) is 4.76. The second-order valence-corrected chi connectivity index (χ2v) is 9.23. The summed E-state index contributed by atoms with van der Waals surface area (Å²) in [5.74, 6) is -0.298. The van der Waals surface area contributed by atoms with Crippen LogP contribution in [-0.2, 0) is 9.84 Å². The number of benzene rings is 2. The first-order chi connectivity index (χ1) is 13.3. The Morgan fingerprint density at radius 1 is 1.07 bits per heavy atom. The third-order valence-electron chi connectivity index (χ3n) is 4.45.